The van der Waals surface area contributed by atoms with E-state index in [9.17, 15) is 13.2 Å². The lowest BCUT2D eigenvalue weighted by atomic mass is 10.0. The summed E-state index contributed by atoms with van der Waals surface area (Å²) in [5.41, 5.74) is -0.589. The van der Waals surface area contributed by atoms with E-state index in [2.05, 4.69) is 10.6 Å². The van der Waals surface area contributed by atoms with Crippen molar-refractivity contribution in [2.45, 2.75) is 24.9 Å². The smallest absolute Gasteiger partial charge is 0.234 e. The number of hydrogen-bond donors (Lipinski definition) is 2. The van der Waals surface area contributed by atoms with E-state index in [0.717, 1.165) is 13.1 Å². The van der Waals surface area contributed by atoms with Crippen molar-refractivity contribution in [1.82, 2.24) is 15.5 Å². The first-order chi connectivity index (χ1) is 8.30. The normalized spacial score (nSPS) is 31.3. The van der Waals surface area contributed by atoms with Crippen LogP contribution in [0.4, 0.5) is 0 Å². The van der Waals surface area contributed by atoms with Crippen LogP contribution in [0.25, 0.3) is 0 Å². The van der Waals surface area contributed by atoms with Gasteiger partial charge in [0.1, 0.15) is 0 Å². The summed E-state index contributed by atoms with van der Waals surface area (Å²) >= 11 is 0. The van der Waals surface area contributed by atoms with Crippen LogP contribution in [0.1, 0.15) is 13.3 Å². The number of rotatable bonds is 4. The maximum absolute atomic E-state index is 11.9. The lowest BCUT2D eigenvalue weighted by Crippen LogP contribution is -2.58. The Hall–Kier alpha value is -0.660. The second-order valence-corrected chi connectivity index (χ2v) is 7.86. The molecule has 2 N–H and O–H groups in total. The number of likely N-dealkylation sites (N-methyl/N-ethyl adjacent to an activating group) is 1. The molecule has 1 amide bonds. The number of amides is 1. The van der Waals surface area contributed by atoms with E-state index in [-0.39, 0.29) is 17.4 Å². The number of nitrogens with one attached hydrogen (secondary N) is 2. The molecule has 18 heavy (non-hydrogen) atoms. The number of nitrogens with zero attached hydrogens (tertiary/aromatic N) is 1. The van der Waals surface area contributed by atoms with E-state index in [1.54, 1.807) is 6.92 Å². The largest absolute Gasteiger partial charge is 0.349 e. The predicted octanol–water partition coefficient (Wildman–Crippen LogP) is -1.42. The van der Waals surface area contributed by atoms with Crippen LogP contribution >= 0.6 is 0 Å². The minimum atomic E-state index is -2.98. The summed E-state index contributed by atoms with van der Waals surface area (Å²) in [6.07, 6.45) is 0.510. The average molecular weight is 275 g/mol. The molecular formula is C11H21N3O3S. The molecular weight excluding hydrogens is 254 g/mol. The van der Waals surface area contributed by atoms with Crippen molar-refractivity contribution >= 4 is 15.7 Å². The predicted molar refractivity (Wildman–Crippen MR) is 69.1 cm³/mol. The fourth-order valence-corrected chi connectivity index (χ4v) is 4.52. The molecule has 0 aromatic heterocycles. The maximum Gasteiger partial charge on any atom is 0.234 e. The SMILES string of the molecule is CN(CC(=O)NC1(C)CCS(=O)(=O)C1)C1CNC1. The van der Waals surface area contributed by atoms with Crippen LogP contribution in [-0.4, -0.2) is 69.0 Å². The molecule has 1 unspecified atom stereocenters. The van der Waals surface area contributed by atoms with Crippen molar-refractivity contribution < 1.29 is 13.2 Å². The molecule has 0 aromatic carbocycles. The molecule has 104 valence electrons. The zero-order valence-corrected chi connectivity index (χ0v) is 11.7. The number of sulfone groups is 1. The zero-order valence-electron chi connectivity index (χ0n) is 10.9. The zero-order chi connectivity index (χ0) is 13.4. The summed E-state index contributed by atoms with van der Waals surface area (Å²) in [6.45, 7) is 3.95. The first kappa shape index (κ1) is 13.8. The molecule has 2 aliphatic rings. The highest BCUT2D eigenvalue weighted by molar-refractivity contribution is 7.91. The number of carbonyl (C=O) groups is 1. The fraction of sp³-hybridized carbons (Fsp3) is 0.909. The molecule has 2 saturated heterocycles. The van der Waals surface area contributed by atoms with E-state index < -0.39 is 15.4 Å². The molecule has 2 fully saturated rings. The van der Waals surface area contributed by atoms with Gasteiger partial charge in [0.25, 0.3) is 0 Å². The first-order valence-electron chi connectivity index (χ1n) is 6.22. The van der Waals surface area contributed by atoms with Gasteiger partial charge < -0.3 is 10.6 Å². The molecule has 6 nitrogen and oxygen atoms in total. The van der Waals surface area contributed by atoms with Crippen molar-refractivity contribution in [3.63, 3.8) is 0 Å². The van der Waals surface area contributed by atoms with Crippen LogP contribution < -0.4 is 10.6 Å². The molecule has 2 aliphatic heterocycles. The molecule has 0 bridgehead atoms. The van der Waals surface area contributed by atoms with Crippen molar-refractivity contribution in [3.05, 3.63) is 0 Å². The highest BCUT2D eigenvalue weighted by Gasteiger charge is 2.39. The van der Waals surface area contributed by atoms with Crippen LogP contribution in [0, 0.1) is 0 Å². The second kappa shape index (κ2) is 4.79. The Balaban J connectivity index is 1.83. The number of carbonyl (C=O) groups excluding carboxylic acids is 1. The molecule has 0 aromatic rings. The van der Waals surface area contributed by atoms with Gasteiger partial charge in [-0.05, 0) is 20.4 Å². The van der Waals surface area contributed by atoms with E-state index in [1.165, 1.54) is 0 Å². The van der Waals surface area contributed by atoms with Crippen LogP contribution in [0.5, 0.6) is 0 Å². The summed E-state index contributed by atoms with van der Waals surface area (Å²) in [5.74, 6) is 0.135. The van der Waals surface area contributed by atoms with Crippen molar-refractivity contribution in [2.24, 2.45) is 0 Å². The molecule has 2 heterocycles. The molecule has 7 heteroatoms. The molecule has 0 aliphatic carbocycles. The number of hydrogen-bond acceptors (Lipinski definition) is 5. The van der Waals surface area contributed by atoms with Crippen molar-refractivity contribution in [3.8, 4) is 0 Å². The van der Waals surface area contributed by atoms with E-state index in [4.69, 9.17) is 0 Å². The summed E-state index contributed by atoms with van der Waals surface area (Å²) in [4.78, 5) is 13.9. The van der Waals surface area contributed by atoms with Gasteiger partial charge in [0.15, 0.2) is 9.84 Å². The van der Waals surface area contributed by atoms with Gasteiger partial charge in [0.2, 0.25) is 5.91 Å². The Labute approximate surface area is 108 Å². The van der Waals surface area contributed by atoms with E-state index in [1.807, 2.05) is 11.9 Å². The average Bonchev–Trinajstić information content (AvgIpc) is 2.35. The van der Waals surface area contributed by atoms with Gasteiger partial charge in [-0.3, -0.25) is 9.69 Å². The molecule has 1 atom stereocenters. The van der Waals surface area contributed by atoms with Crippen molar-refractivity contribution in [1.29, 1.82) is 0 Å². The van der Waals surface area contributed by atoms with Gasteiger partial charge in [0, 0.05) is 19.1 Å². The lowest BCUT2D eigenvalue weighted by molar-refractivity contribution is -0.124. The minimum Gasteiger partial charge on any atom is -0.349 e. The Bertz CT molecular complexity index is 433. The van der Waals surface area contributed by atoms with Gasteiger partial charge in [-0.25, -0.2) is 8.42 Å². The minimum absolute atomic E-state index is 0.0560. The third-order valence-corrected chi connectivity index (χ3v) is 5.62. The quantitative estimate of drug-likeness (QED) is 0.659. The van der Waals surface area contributed by atoms with Gasteiger partial charge >= 0.3 is 0 Å². The van der Waals surface area contributed by atoms with Crippen molar-refractivity contribution in [2.75, 3.05) is 38.2 Å². The molecule has 0 radical (unpaired) electrons. The van der Waals surface area contributed by atoms with E-state index >= 15 is 0 Å². The molecule has 0 saturated carbocycles. The third-order valence-electron chi connectivity index (χ3n) is 3.72. The van der Waals surface area contributed by atoms with Crippen LogP contribution in [0.2, 0.25) is 0 Å². The summed E-state index contributed by atoms with van der Waals surface area (Å²) in [7, 11) is -1.06. The Morgan fingerprint density at radius 3 is 2.61 bits per heavy atom. The molecule has 0 spiro atoms. The standard InChI is InChI=1S/C11H21N3O3S/c1-11(3-4-18(16,17)8-11)13-10(15)7-14(2)9-5-12-6-9/h9,12H,3-8H2,1-2H3,(H,13,15). The lowest BCUT2D eigenvalue weighted by Gasteiger charge is -2.36. The van der Waals surface area contributed by atoms with Gasteiger partial charge in [-0.1, -0.05) is 0 Å². The first-order valence-corrected chi connectivity index (χ1v) is 8.04. The topological polar surface area (TPSA) is 78.5 Å². The maximum atomic E-state index is 11.9. The summed E-state index contributed by atoms with van der Waals surface area (Å²) in [5, 5.41) is 6.02. The highest BCUT2D eigenvalue weighted by Crippen LogP contribution is 2.22. The molecule has 2 rings (SSSR count). The summed E-state index contributed by atoms with van der Waals surface area (Å²) < 4.78 is 22.9. The third kappa shape index (κ3) is 3.21. The highest BCUT2D eigenvalue weighted by atomic mass is 32.2. The van der Waals surface area contributed by atoms with Crippen LogP contribution in [-0.2, 0) is 14.6 Å². The Morgan fingerprint density at radius 1 is 1.50 bits per heavy atom. The summed E-state index contributed by atoms with van der Waals surface area (Å²) in [6, 6.07) is 0.413. The Kier molecular flexibility index (Phi) is 3.66. The second-order valence-electron chi connectivity index (χ2n) is 5.68. The van der Waals surface area contributed by atoms with Crippen LogP contribution in [0.15, 0.2) is 0 Å². The Morgan fingerprint density at radius 2 is 2.17 bits per heavy atom. The van der Waals surface area contributed by atoms with Gasteiger partial charge in [0.05, 0.1) is 23.6 Å². The fourth-order valence-electron chi connectivity index (χ4n) is 2.43. The van der Waals surface area contributed by atoms with Gasteiger partial charge in [-0.2, -0.15) is 0 Å². The van der Waals surface area contributed by atoms with E-state index in [0.29, 0.717) is 19.0 Å². The van der Waals surface area contributed by atoms with Crippen LogP contribution in [0.3, 0.4) is 0 Å². The van der Waals surface area contributed by atoms with Gasteiger partial charge in [-0.15, -0.1) is 0 Å². The monoisotopic (exact) mass is 275 g/mol.